The second kappa shape index (κ2) is 11.4. The summed E-state index contributed by atoms with van der Waals surface area (Å²) < 4.78 is 12.9. The number of nitrogens with zero attached hydrogens (tertiary/aromatic N) is 1. The van der Waals surface area contributed by atoms with Crippen molar-refractivity contribution in [1.29, 1.82) is 0 Å². The first-order valence-corrected chi connectivity index (χ1v) is 14.2. The fourth-order valence-corrected chi connectivity index (χ4v) is 6.44. The quantitative estimate of drug-likeness (QED) is 0.430. The fraction of sp³-hybridized carbons (Fsp3) is 0.387. The summed E-state index contributed by atoms with van der Waals surface area (Å²) in [5.41, 5.74) is 5.35. The number of Topliss-reactive ketones (excluding diaryl/α,β-unsaturated/α-hetero) is 2. The third-order valence-corrected chi connectivity index (χ3v) is 8.13. The largest absolute Gasteiger partial charge is 0.548 e. The fourth-order valence-electron chi connectivity index (χ4n) is 5.87. The van der Waals surface area contributed by atoms with Gasteiger partial charge in [-0.1, -0.05) is 29.8 Å². The second-order valence-corrected chi connectivity index (χ2v) is 11.1. The Kier molecular flexibility index (Phi) is 7.93. The zero-order chi connectivity index (χ0) is 27.7. The molecule has 0 aromatic heterocycles. The van der Waals surface area contributed by atoms with Gasteiger partial charge in [0, 0.05) is 41.3 Å². The van der Waals surface area contributed by atoms with Crippen LogP contribution in [-0.4, -0.2) is 35.6 Å². The van der Waals surface area contributed by atoms with Gasteiger partial charge in [-0.05, 0) is 78.7 Å². The van der Waals surface area contributed by atoms with Crippen LogP contribution in [0.25, 0.3) is 0 Å². The van der Waals surface area contributed by atoms with E-state index in [1.807, 2.05) is 50.2 Å². The van der Waals surface area contributed by atoms with Crippen molar-refractivity contribution in [2.45, 2.75) is 64.9 Å². The van der Waals surface area contributed by atoms with E-state index in [4.69, 9.17) is 9.47 Å². The molecule has 0 amide bonds. The van der Waals surface area contributed by atoms with Gasteiger partial charge in [-0.2, -0.15) is 0 Å². The molecule has 0 bridgehead atoms. The molecule has 0 saturated heterocycles. The number of allylic oxidation sites excluding steroid dienone is 4. The van der Waals surface area contributed by atoms with Crippen LogP contribution in [0.2, 0.25) is 0 Å². The first-order valence-electron chi connectivity index (χ1n) is 13.4. The number of carboxylic acid groups (broad SMARTS) is 1. The Morgan fingerprint density at radius 3 is 2.15 bits per heavy atom. The summed E-state index contributed by atoms with van der Waals surface area (Å²) in [6.07, 6.45) is 3.17. The molecule has 0 fully saturated rings. The summed E-state index contributed by atoms with van der Waals surface area (Å²) in [5.74, 6) is -0.868. The van der Waals surface area contributed by atoms with Crippen molar-refractivity contribution in [3.8, 4) is 11.5 Å². The molecule has 204 valence electrons. The maximum Gasteiger partial charge on any atom is 0.175 e. The predicted octanol–water partition coefficient (Wildman–Crippen LogP) is 4.90. The smallest absolute Gasteiger partial charge is 0.175 e. The van der Waals surface area contributed by atoms with E-state index < -0.39 is 11.9 Å². The van der Waals surface area contributed by atoms with Gasteiger partial charge in [0.05, 0.1) is 23.6 Å². The van der Waals surface area contributed by atoms with Gasteiger partial charge in [0.15, 0.2) is 23.1 Å². The summed E-state index contributed by atoms with van der Waals surface area (Å²) in [6, 6.07) is 11.9. The Morgan fingerprint density at radius 1 is 0.974 bits per heavy atom. The van der Waals surface area contributed by atoms with Gasteiger partial charge in [-0.15, -0.1) is 0 Å². The zero-order valence-electron chi connectivity index (χ0n) is 22.2. The summed E-state index contributed by atoms with van der Waals surface area (Å²) in [6.45, 7) is 4.30. The van der Waals surface area contributed by atoms with Crippen LogP contribution in [0, 0.1) is 6.92 Å². The number of hydrogen-bond acceptors (Lipinski definition) is 7. The lowest BCUT2D eigenvalue weighted by atomic mass is 9.71. The predicted molar refractivity (Wildman–Crippen MR) is 147 cm³/mol. The molecule has 3 aliphatic rings. The monoisotopic (exact) mass is 592 g/mol. The van der Waals surface area contributed by atoms with Crippen molar-refractivity contribution in [1.82, 2.24) is 4.90 Å². The van der Waals surface area contributed by atoms with Gasteiger partial charge in [0.1, 0.15) is 6.61 Å². The molecular weight excluding hydrogens is 562 g/mol. The molecular formula is C31H31BrNO6-. The number of halogens is 1. The zero-order valence-corrected chi connectivity index (χ0v) is 23.8. The highest BCUT2D eigenvalue weighted by Crippen LogP contribution is 2.51. The lowest BCUT2D eigenvalue weighted by molar-refractivity contribution is -0.305. The number of aliphatic carboxylic acids is 1. The number of benzene rings is 2. The number of carbonyl (C=O) groups excluding carboxylic acids is 3. The molecule has 0 radical (unpaired) electrons. The van der Waals surface area contributed by atoms with Gasteiger partial charge in [0.2, 0.25) is 0 Å². The van der Waals surface area contributed by atoms with Crippen LogP contribution in [0.15, 0.2) is 63.4 Å². The van der Waals surface area contributed by atoms with Crippen molar-refractivity contribution in [2.24, 2.45) is 0 Å². The Hall–Kier alpha value is -3.39. The summed E-state index contributed by atoms with van der Waals surface area (Å²) >= 11 is 3.67. The molecule has 2 aromatic carbocycles. The lowest BCUT2D eigenvalue weighted by Gasteiger charge is -2.44. The normalized spacial score (nSPS) is 17.8. The minimum Gasteiger partial charge on any atom is -0.548 e. The van der Waals surface area contributed by atoms with Crippen molar-refractivity contribution in [3.63, 3.8) is 0 Å². The molecule has 0 atom stereocenters. The van der Waals surface area contributed by atoms with E-state index in [0.29, 0.717) is 90.3 Å². The molecule has 2 aliphatic carbocycles. The molecule has 0 saturated carbocycles. The van der Waals surface area contributed by atoms with E-state index in [9.17, 15) is 19.5 Å². The summed E-state index contributed by atoms with van der Waals surface area (Å²) in [4.78, 5) is 40.2. The number of carboxylic acids is 1. The van der Waals surface area contributed by atoms with Gasteiger partial charge >= 0.3 is 0 Å². The minimum absolute atomic E-state index is 0.0525. The molecule has 7 nitrogen and oxygen atoms in total. The maximum atomic E-state index is 13.4. The average molecular weight is 593 g/mol. The van der Waals surface area contributed by atoms with Crippen LogP contribution in [0.3, 0.4) is 0 Å². The maximum absolute atomic E-state index is 13.4. The Labute approximate surface area is 236 Å². The van der Waals surface area contributed by atoms with E-state index in [1.165, 1.54) is 5.56 Å². The highest BCUT2D eigenvalue weighted by atomic mass is 79.9. The van der Waals surface area contributed by atoms with Crippen LogP contribution in [-0.2, 0) is 21.0 Å². The second-order valence-electron chi connectivity index (χ2n) is 10.2. The minimum atomic E-state index is -1.24. The molecule has 1 heterocycles. The van der Waals surface area contributed by atoms with Gasteiger partial charge in [-0.25, -0.2) is 0 Å². The van der Waals surface area contributed by atoms with Crippen LogP contribution < -0.4 is 14.6 Å². The van der Waals surface area contributed by atoms with Crippen molar-refractivity contribution >= 4 is 33.5 Å². The number of carbonyl (C=O) groups is 3. The first kappa shape index (κ1) is 27.2. The number of hydrogen-bond donors (Lipinski definition) is 0. The van der Waals surface area contributed by atoms with Gasteiger partial charge in [0.25, 0.3) is 0 Å². The highest BCUT2D eigenvalue weighted by Gasteiger charge is 2.43. The number of rotatable bonds is 8. The third kappa shape index (κ3) is 5.39. The topological polar surface area (TPSA) is 96.0 Å². The van der Waals surface area contributed by atoms with Crippen molar-refractivity contribution in [3.05, 3.63) is 80.1 Å². The van der Waals surface area contributed by atoms with E-state index in [2.05, 4.69) is 15.9 Å². The molecule has 0 spiro atoms. The van der Waals surface area contributed by atoms with E-state index in [1.54, 1.807) is 4.90 Å². The SMILES string of the molecule is CCOc1cc(C2C3=C(CCCC3=O)N(CC(=O)[O-])C3=C2C(=O)CCC3)cc(Br)c1OCc1ccc(C)cc1. The summed E-state index contributed by atoms with van der Waals surface area (Å²) in [5, 5.41) is 11.7. The molecule has 1 aliphatic heterocycles. The molecule has 0 unspecified atom stereocenters. The Bertz CT molecular complexity index is 1350. The molecule has 2 aromatic rings. The van der Waals surface area contributed by atoms with Crippen LogP contribution in [0.1, 0.15) is 68.1 Å². The highest BCUT2D eigenvalue weighted by molar-refractivity contribution is 9.10. The molecule has 39 heavy (non-hydrogen) atoms. The number of ketones is 2. The Balaban J connectivity index is 1.61. The average Bonchev–Trinajstić information content (AvgIpc) is 2.90. The van der Waals surface area contributed by atoms with E-state index in [-0.39, 0.29) is 18.1 Å². The molecule has 0 N–H and O–H groups in total. The van der Waals surface area contributed by atoms with Gasteiger partial charge < -0.3 is 24.3 Å². The standard InChI is InChI=1S/C31H32BrNO6/c1-3-38-26-15-20(14-21(32)31(26)39-17-19-12-10-18(2)11-13-19)28-29-22(6-4-8-24(29)34)33(16-27(36)37)23-7-5-9-25(35)30(23)28/h10-15,28H,3-9,16-17H2,1-2H3,(H,36,37)/p-1. The van der Waals surface area contributed by atoms with E-state index >= 15 is 0 Å². The molecule has 5 rings (SSSR count). The Morgan fingerprint density at radius 2 is 1.59 bits per heavy atom. The van der Waals surface area contributed by atoms with Crippen molar-refractivity contribution < 1.29 is 29.0 Å². The summed E-state index contributed by atoms with van der Waals surface area (Å²) in [7, 11) is 0. The number of ether oxygens (including phenoxy) is 2. The third-order valence-electron chi connectivity index (χ3n) is 7.54. The van der Waals surface area contributed by atoms with Crippen LogP contribution >= 0.6 is 15.9 Å². The van der Waals surface area contributed by atoms with Gasteiger partial charge in [-0.3, -0.25) is 9.59 Å². The number of aryl methyl sites for hydroxylation is 1. The first-order chi connectivity index (χ1) is 18.8. The van der Waals surface area contributed by atoms with Crippen LogP contribution in [0.4, 0.5) is 0 Å². The van der Waals surface area contributed by atoms with E-state index in [0.717, 1.165) is 11.1 Å². The van der Waals surface area contributed by atoms with Crippen molar-refractivity contribution in [2.75, 3.05) is 13.2 Å². The molecule has 8 heteroatoms. The lowest BCUT2D eigenvalue weighted by Crippen LogP contribution is -2.44. The van der Waals surface area contributed by atoms with Crippen LogP contribution in [0.5, 0.6) is 11.5 Å².